The maximum Gasteiger partial charge on any atom is 0.254 e. The maximum atomic E-state index is 12.5. The number of anilines is 1. The molecule has 6 nitrogen and oxygen atoms in total. The molecule has 1 saturated heterocycles. The Morgan fingerprint density at radius 3 is 2.63 bits per heavy atom. The fourth-order valence-electron chi connectivity index (χ4n) is 2.39. The van der Waals surface area contributed by atoms with Gasteiger partial charge in [0.15, 0.2) is 0 Å². The van der Waals surface area contributed by atoms with Crippen molar-refractivity contribution in [1.29, 1.82) is 0 Å². The number of hydrogen-bond acceptors (Lipinski definition) is 5. The van der Waals surface area contributed by atoms with Gasteiger partial charge >= 0.3 is 0 Å². The first-order valence-corrected chi connectivity index (χ1v) is 6.39. The van der Waals surface area contributed by atoms with Crippen LogP contribution in [0, 0.1) is 6.92 Å². The van der Waals surface area contributed by atoms with Crippen LogP contribution in [0.3, 0.4) is 0 Å². The van der Waals surface area contributed by atoms with E-state index in [4.69, 9.17) is 10.6 Å². The number of morpholine rings is 1. The fraction of sp³-hybridized carbons (Fsp3) is 0.538. The first-order valence-electron chi connectivity index (χ1n) is 6.39. The largest absolute Gasteiger partial charge is 0.372 e. The van der Waals surface area contributed by atoms with E-state index in [0.29, 0.717) is 24.5 Å². The van der Waals surface area contributed by atoms with E-state index in [-0.39, 0.29) is 18.1 Å². The van der Waals surface area contributed by atoms with E-state index in [1.54, 1.807) is 12.1 Å². The summed E-state index contributed by atoms with van der Waals surface area (Å²) in [6, 6.07) is 3.44. The second-order valence-corrected chi connectivity index (χ2v) is 4.99. The van der Waals surface area contributed by atoms with E-state index in [2.05, 4.69) is 10.4 Å². The molecule has 1 aliphatic rings. The average Bonchev–Trinajstić information content (AvgIpc) is 2.35. The molecule has 3 N–H and O–H groups in total. The number of nitrogens with two attached hydrogens (primary N) is 1. The lowest BCUT2D eigenvalue weighted by molar-refractivity contribution is -0.0586. The zero-order chi connectivity index (χ0) is 14.0. The lowest BCUT2D eigenvalue weighted by Crippen LogP contribution is -2.48. The molecule has 0 aliphatic carbocycles. The normalized spacial score (nSPS) is 23.3. The highest BCUT2D eigenvalue weighted by Gasteiger charge is 2.26. The minimum Gasteiger partial charge on any atom is -0.372 e. The quantitative estimate of drug-likeness (QED) is 0.613. The summed E-state index contributed by atoms with van der Waals surface area (Å²) in [5.74, 6) is 5.84. The number of aromatic nitrogens is 1. The van der Waals surface area contributed by atoms with Crippen LogP contribution in [0.5, 0.6) is 0 Å². The van der Waals surface area contributed by atoms with Crippen LogP contribution < -0.4 is 11.3 Å². The predicted molar refractivity (Wildman–Crippen MR) is 72.7 cm³/mol. The predicted octanol–water partition coefficient (Wildman–Crippen LogP) is 0.925. The molecule has 1 fully saturated rings. The summed E-state index contributed by atoms with van der Waals surface area (Å²) in [5, 5.41) is 0. The van der Waals surface area contributed by atoms with Crippen molar-refractivity contribution in [3.63, 3.8) is 0 Å². The summed E-state index contributed by atoms with van der Waals surface area (Å²) >= 11 is 0. The number of rotatable bonds is 2. The molecular weight excluding hydrogens is 244 g/mol. The van der Waals surface area contributed by atoms with Crippen LogP contribution in [0.25, 0.3) is 0 Å². The van der Waals surface area contributed by atoms with Gasteiger partial charge < -0.3 is 15.1 Å². The maximum absolute atomic E-state index is 12.5. The Hall–Kier alpha value is -1.66. The number of hydrazine groups is 1. The number of hydrogen-bond donors (Lipinski definition) is 2. The molecule has 2 rings (SSSR count). The minimum absolute atomic E-state index is 0.0102. The van der Waals surface area contributed by atoms with Gasteiger partial charge in [-0.15, -0.1) is 0 Å². The Labute approximate surface area is 112 Å². The molecule has 1 aromatic rings. The van der Waals surface area contributed by atoms with Crippen molar-refractivity contribution in [1.82, 2.24) is 9.88 Å². The Balaban J connectivity index is 2.21. The van der Waals surface area contributed by atoms with E-state index in [1.165, 1.54) is 0 Å². The van der Waals surface area contributed by atoms with Gasteiger partial charge in [-0.05, 0) is 32.9 Å². The third kappa shape index (κ3) is 3.21. The monoisotopic (exact) mass is 264 g/mol. The smallest absolute Gasteiger partial charge is 0.254 e. The van der Waals surface area contributed by atoms with Crippen LogP contribution in [-0.4, -0.2) is 41.1 Å². The number of aryl methyl sites for hydroxylation is 1. The molecule has 2 unspecified atom stereocenters. The zero-order valence-corrected chi connectivity index (χ0v) is 11.5. The van der Waals surface area contributed by atoms with Gasteiger partial charge in [0.1, 0.15) is 5.82 Å². The highest BCUT2D eigenvalue weighted by atomic mass is 16.5. The van der Waals surface area contributed by atoms with Crippen molar-refractivity contribution >= 4 is 11.7 Å². The first kappa shape index (κ1) is 13.8. The molecule has 2 heterocycles. The van der Waals surface area contributed by atoms with Crippen molar-refractivity contribution in [3.8, 4) is 0 Å². The molecule has 0 spiro atoms. The minimum atomic E-state index is -0.0102. The molecule has 0 aromatic carbocycles. The zero-order valence-electron chi connectivity index (χ0n) is 11.5. The molecular formula is C13H20N4O2. The van der Waals surface area contributed by atoms with Gasteiger partial charge in [0.25, 0.3) is 5.91 Å². The number of nitrogens with one attached hydrogen (secondary N) is 1. The molecule has 6 heteroatoms. The van der Waals surface area contributed by atoms with Crippen molar-refractivity contribution in [2.75, 3.05) is 18.5 Å². The third-order valence-corrected chi connectivity index (χ3v) is 3.06. The number of nitrogens with zero attached hydrogens (tertiary/aromatic N) is 2. The number of ether oxygens (including phenoxy) is 1. The highest BCUT2D eigenvalue weighted by molar-refractivity contribution is 5.95. The SMILES string of the molecule is Cc1cc(C(=O)N2CC(C)OC(C)C2)cc(NN)n1. The Kier molecular flexibility index (Phi) is 4.01. The molecule has 1 amide bonds. The van der Waals surface area contributed by atoms with E-state index in [0.717, 1.165) is 5.69 Å². The van der Waals surface area contributed by atoms with Crippen molar-refractivity contribution < 1.29 is 9.53 Å². The summed E-state index contributed by atoms with van der Waals surface area (Å²) in [4.78, 5) is 18.5. The van der Waals surface area contributed by atoms with Crippen molar-refractivity contribution in [2.45, 2.75) is 33.0 Å². The molecule has 0 bridgehead atoms. The Morgan fingerprint density at radius 2 is 2.05 bits per heavy atom. The number of nitrogen functional groups attached to an aromatic ring is 1. The summed E-state index contributed by atoms with van der Waals surface area (Å²) < 4.78 is 5.63. The molecule has 104 valence electrons. The van der Waals surface area contributed by atoms with Crippen LogP contribution in [0.1, 0.15) is 29.9 Å². The van der Waals surface area contributed by atoms with Gasteiger partial charge in [0.05, 0.1) is 12.2 Å². The number of amides is 1. The van der Waals surface area contributed by atoms with Gasteiger partial charge in [-0.1, -0.05) is 0 Å². The van der Waals surface area contributed by atoms with Gasteiger partial charge in [0.2, 0.25) is 0 Å². The average molecular weight is 264 g/mol. The van der Waals surface area contributed by atoms with Gasteiger partial charge in [-0.25, -0.2) is 10.8 Å². The van der Waals surface area contributed by atoms with E-state index >= 15 is 0 Å². The number of carbonyl (C=O) groups excluding carboxylic acids is 1. The van der Waals surface area contributed by atoms with E-state index in [1.807, 2.05) is 25.7 Å². The second-order valence-electron chi connectivity index (χ2n) is 4.99. The first-order chi connectivity index (χ1) is 8.99. The standard InChI is InChI=1S/C13H20N4O2/c1-8-4-11(5-12(15-8)16-14)13(18)17-6-9(2)19-10(3)7-17/h4-5,9-10H,6-7,14H2,1-3H3,(H,15,16). The number of carbonyl (C=O) groups is 1. The fourth-order valence-corrected chi connectivity index (χ4v) is 2.39. The second kappa shape index (κ2) is 5.54. The van der Waals surface area contributed by atoms with Crippen molar-refractivity contribution in [2.24, 2.45) is 5.84 Å². The van der Waals surface area contributed by atoms with E-state index < -0.39 is 0 Å². The molecule has 2 atom stereocenters. The van der Waals surface area contributed by atoms with Crippen LogP contribution in [0.15, 0.2) is 12.1 Å². The molecule has 1 aromatic heterocycles. The molecule has 19 heavy (non-hydrogen) atoms. The van der Waals surface area contributed by atoms with Crippen LogP contribution >= 0.6 is 0 Å². The Bertz CT molecular complexity index is 468. The Morgan fingerprint density at radius 1 is 1.42 bits per heavy atom. The van der Waals surface area contributed by atoms with Gasteiger partial charge in [-0.2, -0.15) is 0 Å². The van der Waals surface area contributed by atoms with E-state index in [9.17, 15) is 4.79 Å². The van der Waals surface area contributed by atoms with Crippen molar-refractivity contribution in [3.05, 3.63) is 23.4 Å². The molecule has 0 radical (unpaired) electrons. The molecule has 0 saturated carbocycles. The van der Waals surface area contributed by atoms with Crippen LogP contribution in [0.4, 0.5) is 5.82 Å². The highest BCUT2D eigenvalue weighted by Crippen LogP contribution is 2.16. The summed E-state index contributed by atoms with van der Waals surface area (Å²) in [7, 11) is 0. The lowest BCUT2D eigenvalue weighted by Gasteiger charge is -2.35. The van der Waals surface area contributed by atoms with Gasteiger partial charge in [-0.3, -0.25) is 4.79 Å². The summed E-state index contributed by atoms with van der Waals surface area (Å²) in [5.41, 5.74) is 3.83. The lowest BCUT2D eigenvalue weighted by atomic mass is 10.1. The number of pyridine rings is 1. The topological polar surface area (TPSA) is 80.5 Å². The van der Waals surface area contributed by atoms with Gasteiger partial charge in [0, 0.05) is 24.3 Å². The van der Waals surface area contributed by atoms with Crippen LogP contribution in [0.2, 0.25) is 0 Å². The van der Waals surface area contributed by atoms with Crippen LogP contribution in [-0.2, 0) is 4.74 Å². The third-order valence-electron chi connectivity index (χ3n) is 3.06. The summed E-state index contributed by atoms with van der Waals surface area (Å²) in [6.45, 7) is 7.00. The molecule has 1 aliphatic heterocycles. The summed E-state index contributed by atoms with van der Waals surface area (Å²) in [6.07, 6.45) is 0.116.